The van der Waals surface area contributed by atoms with Crippen molar-refractivity contribution in [2.75, 3.05) is 11.6 Å². The normalized spacial score (nSPS) is 14.3. The first-order chi connectivity index (χ1) is 9.67. The molecule has 104 valence electrons. The van der Waals surface area contributed by atoms with Crippen LogP contribution < -0.4 is 5.32 Å². The third kappa shape index (κ3) is 2.91. The molecule has 0 atom stereocenters. The standard InChI is InChI=1S/C15H16ClN3S/c1-9-13(16)18-15(10-3-4-10)19-14(9)17-11-5-7-12(20-2)8-6-11/h5-8,10H,3-4H2,1-2H3,(H,17,18,19). The van der Waals surface area contributed by atoms with Gasteiger partial charge in [-0.15, -0.1) is 11.8 Å². The molecule has 1 aliphatic rings. The molecule has 1 aliphatic carbocycles. The molecule has 0 bridgehead atoms. The monoisotopic (exact) mass is 305 g/mol. The van der Waals surface area contributed by atoms with Crippen molar-refractivity contribution in [1.82, 2.24) is 9.97 Å². The van der Waals surface area contributed by atoms with Gasteiger partial charge in [0.2, 0.25) is 0 Å². The molecule has 1 N–H and O–H groups in total. The molecular weight excluding hydrogens is 290 g/mol. The van der Waals surface area contributed by atoms with Crippen molar-refractivity contribution in [3.05, 3.63) is 40.8 Å². The number of hydrogen-bond donors (Lipinski definition) is 1. The molecular formula is C15H16ClN3S. The number of nitrogens with zero attached hydrogens (tertiary/aromatic N) is 2. The Morgan fingerprint density at radius 3 is 2.50 bits per heavy atom. The zero-order valence-electron chi connectivity index (χ0n) is 11.5. The average molecular weight is 306 g/mol. The molecule has 0 unspecified atom stereocenters. The van der Waals surface area contributed by atoms with Crippen LogP contribution in [0.25, 0.3) is 0 Å². The van der Waals surface area contributed by atoms with Gasteiger partial charge in [-0.25, -0.2) is 9.97 Å². The van der Waals surface area contributed by atoms with Crippen LogP contribution in [0.1, 0.15) is 30.1 Å². The number of nitrogens with one attached hydrogen (secondary N) is 1. The maximum Gasteiger partial charge on any atom is 0.138 e. The summed E-state index contributed by atoms with van der Waals surface area (Å²) in [7, 11) is 0. The predicted molar refractivity (Wildman–Crippen MR) is 85.3 cm³/mol. The Labute approximate surface area is 128 Å². The molecule has 5 heteroatoms. The summed E-state index contributed by atoms with van der Waals surface area (Å²) in [6.45, 7) is 1.94. The highest BCUT2D eigenvalue weighted by atomic mass is 35.5. The van der Waals surface area contributed by atoms with E-state index in [0.29, 0.717) is 11.1 Å². The maximum absolute atomic E-state index is 6.21. The predicted octanol–water partition coefficient (Wildman–Crippen LogP) is 4.78. The van der Waals surface area contributed by atoms with Crippen LogP contribution in [0.5, 0.6) is 0 Å². The lowest BCUT2D eigenvalue weighted by molar-refractivity contribution is 0.922. The highest BCUT2D eigenvalue weighted by Gasteiger charge is 2.28. The fourth-order valence-corrected chi connectivity index (χ4v) is 2.55. The van der Waals surface area contributed by atoms with Crippen LogP contribution in [0.3, 0.4) is 0 Å². The second kappa shape index (κ2) is 5.62. The largest absolute Gasteiger partial charge is 0.340 e. The molecule has 0 spiro atoms. The number of anilines is 2. The van der Waals surface area contributed by atoms with Crippen molar-refractivity contribution < 1.29 is 0 Å². The van der Waals surface area contributed by atoms with Crippen molar-refractivity contribution in [3.8, 4) is 0 Å². The van der Waals surface area contributed by atoms with Gasteiger partial charge in [-0.3, -0.25) is 0 Å². The summed E-state index contributed by atoms with van der Waals surface area (Å²) in [5, 5.41) is 3.89. The maximum atomic E-state index is 6.21. The Bertz CT molecular complexity index is 624. The lowest BCUT2D eigenvalue weighted by Gasteiger charge is -2.11. The fourth-order valence-electron chi connectivity index (χ4n) is 1.96. The van der Waals surface area contributed by atoms with E-state index in [1.807, 2.05) is 6.92 Å². The Morgan fingerprint density at radius 2 is 1.90 bits per heavy atom. The van der Waals surface area contributed by atoms with Crippen molar-refractivity contribution >= 4 is 34.9 Å². The van der Waals surface area contributed by atoms with E-state index in [2.05, 4.69) is 45.8 Å². The molecule has 1 fully saturated rings. The quantitative estimate of drug-likeness (QED) is 0.651. The molecule has 1 aromatic carbocycles. The van der Waals surface area contributed by atoms with E-state index >= 15 is 0 Å². The molecule has 20 heavy (non-hydrogen) atoms. The number of thioether (sulfide) groups is 1. The molecule has 3 nitrogen and oxygen atoms in total. The summed E-state index contributed by atoms with van der Waals surface area (Å²) in [6.07, 6.45) is 4.40. The zero-order chi connectivity index (χ0) is 14.1. The number of benzene rings is 1. The zero-order valence-corrected chi connectivity index (χ0v) is 13.1. The summed E-state index contributed by atoms with van der Waals surface area (Å²) >= 11 is 7.94. The van der Waals surface area contributed by atoms with Gasteiger partial charge in [0.15, 0.2) is 0 Å². The first-order valence-corrected chi connectivity index (χ1v) is 8.23. The first kappa shape index (κ1) is 13.7. The average Bonchev–Trinajstić information content (AvgIpc) is 3.29. The third-order valence-corrected chi connectivity index (χ3v) is 4.51. The molecule has 0 amide bonds. The van der Waals surface area contributed by atoms with Crippen LogP contribution in [0.2, 0.25) is 5.15 Å². The van der Waals surface area contributed by atoms with Crippen LogP contribution in [-0.4, -0.2) is 16.2 Å². The van der Waals surface area contributed by atoms with Crippen molar-refractivity contribution in [1.29, 1.82) is 0 Å². The lowest BCUT2D eigenvalue weighted by Crippen LogP contribution is -2.03. The van der Waals surface area contributed by atoms with E-state index in [1.54, 1.807) is 11.8 Å². The Kier molecular flexibility index (Phi) is 3.85. The molecule has 0 saturated heterocycles. The molecule has 0 radical (unpaired) electrons. The van der Waals surface area contributed by atoms with E-state index in [4.69, 9.17) is 11.6 Å². The smallest absolute Gasteiger partial charge is 0.138 e. The SMILES string of the molecule is CSc1ccc(Nc2nc(C3CC3)nc(Cl)c2C)cc1. The van der Waals surface area contributed by atoms with Crippen LogP contribution in [0, 0.1) is 6.92 Å². The molecule has 3 rings (SSSR count). The molecule has 2 aromatic rings. The fraction of sp³-hybridized carbons (Fsp3) is 0.333. The van der Waals surface area contributed by atoms with E-state index < -0.39 is 0 Å². The van der Waals surface area contributed by atoms with Gasteiger partial charge in [-0.05, 0) is 50.3 Å². The van der Waals surface area contributed by atoms with Gasteiger partial charge in [0, 0.05) is 22.1 Å². The number of aromatic nitrogens is 2. The van der Waals surface area contributed by atoms with Crippen LogP contribution in [0.15, 0.2) is 29.2 Å². The second-order valence-corrected chi connectivity index (χ2v) is 6.21. The molecule has 1 heterocycles. The van der Waals surface area contributed by atoms with Gasteiger partial charge in [0.1, 0.15) is 16.8 Å². The lowest BCUT2D eigenvalue weighted by atomic mass is 10.2. The molecule has 1 aromatic heterocycles. The molecule has 1 saturated carbocycles. The van der Waals surface area contributed by atoms with E-state index in [9.17, 15) is 0 Å². The minimum Gasteiger partial charge on any atom is -0.340 e. The first-order valence-electron chi connectivity index (χ1n) is 6.62. The van der Waals surface area contributed by atoms with Gasteiger partial charge >= 0.3 is 0 Å². The van der Waals surface area contributed by atoms with Crippen molar-refractivity contribution in [2.45, 2.75) is 30.6 Å². The Hall–Kier alpha value is -1.26. The second-order valence-electron chi connectivity index (χ2n) is 4.97. The Morgan fingerprint density at radius 1 is 1.20 bits per heavy atom. The summed E-state index contributed by atoms with van der Waals surface area (Å²) in [6, 6.07) is 8.29. The van der Waals surface area contributed by atoms with Gasteiger partial charge in [0.05, 0.1) is 0 Å². The van der Waals surface area contributed by atoms with Crippen LogP contribution in [-0.2, 0) is 0 Å². The van der Waals surface area contributed by atoms with Gasteiger partial charge < -0.3 is 5.32 Å². The van der Waals surface area contributed by atoms with E-state index in [0.717, 1.165) is 22.9 Å². The minimum absolute atomic E-state index is 0.493. The van der Waals surface area contributed by atoms with Gasteiger partial charge in [0.25, 0.3) is 0 Å². The number of halogens is 1. The summed E-state index contributed by atoms with van der Waals surface area (Å²) in [5.74, 6) is 2.17. The molecule has 0 aliphatic heterocycles. The highest BCUT2D eigenvalue weighted by molar-refractivity contribution is 7.98. The van der Waals surface area contributed by atoms with Gasteiger partial charge in [-0.1, -0.05) is 11.6 Å². The topological polar surface area (TPSA) is 37.8 Å². The Balaban J connectivity index is 1.88. The van der Waals surface area contributed by atoms with Crippen LogP contribution in [0.4, 0.5) is 11.5 Å². The summed E-state index contributed by atoms with van der Waals surface area (Å²) < 4.78 is 0. The van der Waals surface area contributed by atoms with Gasteiger partial charge in [-0.2, -0.15) is 0 Å². The van der Waals surface area contributed by atoms with E-state index in [1.165, 1.54) is 17.7 Å². The summed E-state index contributed by atoms with van der Waals surface area (Å²) in [4.78, 5) is 10.2. The minimum atomic E-state index is 0.493. The van der Waals surface area contributed by atoms with Crippen molar-refractivity contribution in [3.63, 3.8) is 0 Å². The number of hydrogen-bond acceptors (Lipinski definition) is 4. The van der Waals surface area contributed by atoms with Crippen molar-refractivity contribution in [2.24, 2.45) is 0 Å². The van der Waals surface area contributed by atoms with Crippen LogP contribution >= 0.6 is 23.4 Å². The number of rotatable bonds is 4. The van der Waals surface area contributed by atoms with E-state index in [-0.39, 0.29) is 0 Å². The summed E-state index contributed by atoms with van der Waals surface area (Å²) in [5.41, 5.74) is 1.91. The third-order valence-electron chi connectivity index (χ3n) is 3.40. The highest BCUT2D eigenvalue weighted by Crippen LogP contribution is 2.39.